The minimum Gasteiger partial charge on any atom is -0.321 e. The van der Waals surface area contributed by atoms with Gasteiger partial charge in [0.15, 0.2) is 0 Å². The standard InChI is InChI=1S/C33H23N3OS/c37-33(36-28-18-10-11-19-30(28)38-26-16-8-3-9-17-26)25-20-21-27-29(22-25)35-32(24-14-6-2-7-15-24)31(34-27)23-12-4-1-5-13-23/h1-22H,(H,36,37). The topological polar surface area (TPSA) is 54.9 Å². The van der Waals surface area contributed by atoms with Gasteiger partial charge in [-0.25, -0.2) is 9.97 Å². The van der Waals surface area contributed by atoms with Crippen LogP contribution < -0.4 is 5.32 Å². The number of nitrogens with one attached hydrogen (secondary N) is 1. The predicted molar refractivity (Wildman–Crippen MR) is 155 cm³/mol. The Kier molecular flexibility index (Phi) is 6.66. The molecular formula is C33H23N3OS. The molecule has 38 heavy (non-hydrogen) atoms. The Labute approximate surface area is 225 Å². The SMILES string of the molecule is O=C(Nc1ccccc1Sc1ccccc1)c1ccc2nc(-c3ccccc3)c(-c3ccccc3)nc2c1. The van der Waals surface area contributed by atoms with Crippen LogP contribution in [0.5, 0.6) is 0 Å². The molecule has 0 aliphatic rings. The lowest BCUT2D eigenvalue weighted by molar-refractivity contribution is 0.102. The molecule has 0 bridgehead atoms. The molecule has 0 unspecified atom stereocenters. The van der Waals surface area contributed by atoms with Crippen LogP contribution in [0.4, 0.5) is 5.69 Å². The van der Waals surface area contributed by atoms with Crippen molar-refractivity contribution < 1.29 is 4.79 Å². The zero-order valence-corrected chi connectivity index (χ0v) is 21.2. The molecule has 1 aromatic heterocycles. The normalized spacial score (nSPS) is 10.8. The number of anilines is 1. The second kappa shape index (κ2) is 10.7. The molecule has 0 atom stereocenters. The van der Waals surface area contributed by atoms with E-state index in [1.807, 2.05) is 115 Å². The summed E-state index contributed by atoms with van der Waals surface area (Å²) in [6.07, 6.45) is 0. The second-order valence-electron chi connectivity index (χ2n) is 8.72. The summed E-state index contributed by atoms with van der Waals surface area (Å²) in [6.45, 7) is 0. The average molecular weight is 510 g/mol. The third kappa shape index (κ3) is 5.05. The summed E-state index contributed by atoms with van der Waals surface area (Å²) in [4.78, 5) is 25.4. The van der Waals surface area contributed by atoms with Crippen molar-refractivity contribution in [3.05, 3.63) is 139 Å². The van der Waals surface area contributed by atoms with Gasteiger partial charge in [-0.1, -0.05) is 103 Å². The molecular weight excluding hydrogens is 486 g/mol. The van der Waals surface area contributed by atoms with E-state index in [-0.39, 0.29) is 5.91 Å². The average Bonchev–Trinajstić information content (AvgIpc) is 2.98. The van der Waals surface area contributed by atoms with E-state index in [1.54, 1.807) is 17.8 Å². The van der Waals surface area contributed by atoms with E-state index in [1.165, 1.54) is 0 Å². The summed E-state index contributed by atoms with van der Waals surface area (Å²) in [7, 11) is 0. The molecule has 1 amide bonds. The Balaban J connectivity index is 1.36. The summed E-state index contributed by atoms with van der Waals surface area (Å²) >= 11 is 1.62. The fourth-order valence-electron chi connectivity index (χ4n) is 4.26. The number of carbonyl (C=O) groups is 1. The highest BCUT2D eigenvalue weighted by molar-refractivity contribution is 7.99. The van der Waals surface area contributed by atoms with E-state index in [9.17, 15) is 4.79 Å². The third-order valence-electron chi connectivity index (χ3n) is 6.13. The number of fused-ring (bicyclic) bond motifs is 1. The van der Waals surface area contributed by atoms with Crippen LogP contribution in [0.2, 0.25) is 0 Å². The van der Waals surface area contributed by atoms with Gasteiger partial charge in [0.05, 0.1) is 28.1 Å². The van der Waals surface area contributed by atoms with Crippen LogP contribution in [0, 0.1) is 0 Å². The number of hydrogen-bond donors (Lipinski definition) is 1. The van der Waals surface area contributed by atoms with E-state index in [0.29, 0.717) is 11.1 Å². The molecule has 0 radical (unpaired) electrons. The van der Waals surface area contributed by atoms with E-state index in [4.69, 9.17) is 9.97 Å². The minimum atomic E-state index is -0.191. The quantitative estimate of drug-likeness (QED) is 0.245. The van der Waals surface area contributed by atoms with Gasteiger partial charge in [-0.2, -0.15) is 0 Å². The lowest BCUT2D eigenvalue weighted by atomic mass is 10.0. The Morgan fingerprint density at radius 3 is 1.79 bits per heavy atom. The predicted octanol–water partition coefficient (Wildman–Crippen LogP) is 8.37. The van der Waals surface area contributed by atoms with Crippen molar-refractivity contribution >= 4 is 34.4 Å². The fraction of sp³-hybridized carbons (Fsp3) is 0. The van der Waals surface area contributed by atoms with Crippen molar-refractivity contribution in [2.24, 2.45) is 0 Å². The summed E-state index contributed by atoms with van der Waals surface area (Å²) in [6, 6.07) is 43.5. The van der Waals surface area contributed by atoms with E-state index >= 15 is 0 Å². The maximum atomic E-state index is 13.3. The molecule has 6 aromatic rings. The number of rotatable bonds is 6. The van der Waals surface area contributed by atoms with Crippen LogP contribution in [0.3, 0.4) is 0 Å². The number of para-hydroxylation sites is 1. The van der Waals surface area contributed by atoms with Crippen LogP contribution in [-0.4, -0.2) is 15.9 Å². The molecule has 1 N–H and O–H groups in total. The third-order valence-corrected chi connectivity index (χ3v) is 7.21. The first-order valence-corrected chi connectivity index (χ1v) is 13.1. The summed E-state index contributed by atoms with van der Waals surface area (Å²) in [5.74, 6) is -0.191. The highest BCUT2D eigenvalue weighted by Gasteiger charge is 2.15. The maximum Gasteiger partial charge on any atom is 0.255 e. The molecule has 0 fully saturated rings. The van der Waals surface area contributed by atoms with Crippen molar-refractivity contribution in [3.8, 4) is 22.5 Å². The summed E-state index contributed by atoms with van der Waals surface area (Å²) in [5.41, 5.74) is 6.26. The maximum absolute atomic E-state index is 13.3. The zero-order chi connectivity index (χ0) is 25.7. The molecule has 4 nitrogen and oxygen atoms in total. The van der Waals surface area contributed by atoms with Crippen LogP contribution in [0.1, 0.15) is 10.4 Å². The minimum absolute atomic E-state index is 0.191. The first kappa shape index (κ1) is 23.6. The number of benzene rings is 5. The van der Waals surface area contributed by atoms with E-state index < -0.39 is 0 Å². The fourth-order valence-corrected chi connectivity index (χ4v) is 5.18. The highest BCUT2D eigenvalue weighted by atomic mass is 32.2. The second-order valence-corrected chi connectivity index (χ2v) is 9.84. The molecule has 0 saturated carbocycles. The number of nitrogens with zero attached hydrogens (tertiary/aromatic N) is 2. The molecule has 5 heteroatoms. The van der Waals surface area contributed by atoms with Crippen LogP contribution in [0.15, 0.2) is 143 Å². The lowest BCUT2D eigenvalue weighted by Crippen LogP contribution is -2.12. The van der Waals surface area contributed by atoms with Gasteiger partial charge in [-0.3, -0.25) is 4.79 Å². The monoisotopic (exact) mass is 509 g/mol. The smallest absolute Gasteiger partial charge is 0.255 e. The highest BCUT2D eigenvalue weighted by Crippen LogP contribution is 2.34. The van der Waals surface area contributed by atoms with Gasteiger partial charge in [-0.05, 0) is 42.5 Å². The van der Waals surface area contributed by atoms with Gasteiger partial charge in [0.1, 0.15) is 0 Å². The van der Waals surface area contributed by atoms with Crippen molar-refractivity contribution in [2.45, 2.75) is 9.79 Å². The lowest BCUT2D eigenvalue weighted by Gasteiger charge is -2.13. The number of amides is 1. The van der Waals surface area contributed by atoms with Crippen LogP contribution >= 0.6 is 11.8 Å². The summed E-state index contributed by atoms with van der Waals surface area (Å²) in [5, 5.41) is 3.09. The Morgan fingerprint density at radius 2 is 1.13 bits per heavy atom. The molecule has 6 rings (SSSR count). The Bertz CT molecular complexity index is 1720. The van der Waals surface area contributed by atoms with E-state index in [0.717, 1.165) is 43.5 Å². The van der Waals surface area contributed by atoms with Crippen molar-refractivity contribution in [1.29, 1.82) is 0 Å². The number of hydrogen-bond acceptors (Lipinski definition) is 4. The van der Waals surface area contributed by atoms with Crippen LogP contribution in [-0.2, 0) is 0 Å². The molecule has 1 heterocycles. The molecule has 0 aliphatic heterocycles. The largest absolute Gasteiger partial charge is 0.321 e. The molecule has 0 saturated heterocycles. The number of carbonyl (C=O) groups excluding carboxylic acids is 1. The molecule has 182 valence electrons. The summed E-state index contributed by atoms with van der Waals surface area (Å²) < 4.78 is 0. The van der Waals surface area contributed by atoms with Crippen molar-refractivity contribution in [2.75, 3.05) is 5.32 Å². The Hall–Kier alpha value is -4.74. The Morgan fingerprint density at radius 1 is 0.579 bits per heavy atom. The van der Waals surface area contributed by atoms with Crippen molar-refractivity contribution in [3.63, 3.8) is 0 Å². The number of aromatic nitrogens is 2. The zero-order valence-electron chi connectivity index (χ0n) is 20.4. The van der Waals surface area contributed by atoms with Gasteiger partial charge in [-0.15, -0.1) is 0 Å². The van der Waals surface area contributed by atoms with Gasteiger partial charge >= 0.3 is 0 Å². The van der Waals surface area contributed by atoms with Gasteiger partial charge in [0, 0.05) is 26.5 Å². The molecule has 0 spiro atoms. The van der Waals surface area contributed by atoms with Gasteiger partial charge in [0.25, 0.3) is 5.91 Å². The van der Waals surface area contributed by atoms with Crippen molar-refractivity contribution in [1.82, 2.24) is 9.97 Å². The molecule has 0 aliphatic carbocycles. The van der Waals surface area contributed by atoms with Gasteiger partial charge < -0.3 is 5.32 Å². The molecule has 5 aromatic carbocycles. The van der Waals surface area contributed by atoms with Gasteiger partial charge in [0.2, 0.25) is 0 Å². The van der Waals surface area contributed by atoms with E-state index in [2.05, 4.69) is 17.4 Å². The van der Waals surface area contributed by atoms with Crippen LogP contribution in [0.25, 0.3) is 33.5 Å². The first-order valence-electron chi connectivity index (χ1n) is 12.3. The first-order chi connectivity index (χ1) is 18.7.